The Morgan fingerprint density at radius 1 is 1.20 bits per heavy atom. The first-order chi connectivity index (χ1) is 11.6. The average molecular weight is 362 g/mol. The van der Waals surface area contributed by atoms with Gasteiger partial charge in [-0.2, -0.15) is 0 Å². The van der Waals surface area contributed by atoms with Crippen molar-refractivity contribution < 1.29 is 9.59 Å². The number of nitrogens with zero attached hydrogens (tertiary/aromatic N) is 1. The zero-order chi connectivity index (χ0) is 17.1. The Labute approximate surface area is 154 Å². The summed E-state index contributed by atoms with van der Waals surface area (Å²) in [6.07, 6.45) is 2.04. The Morgan fingerprint density at radius 2 is 1.88 bits per heavy atom. The number of rotatable bonds is 6. The largest absolute Gasteiger partial charge is 0.346 e. The van der Waals surface area contributed by atoms with Gasteiger partial charge in [0.25, 0.3) is 0 Å². The van der Waals surface area contributed by atoms with E-state index in [1.807, 2.05) is 24.0 Å². The van der Waals surface area contributed by atoms with E-state index < -0.39 is 0 Å². The number of nitrogens with one attached hydrogen (secondary N) is 1. The highest BCUT2D eigenvalue weighted by atomic mass is 35.5. The van der Waals surface area contributed by atoms with Crippen LogP contribution in [0.25, 0.3) is 10.8 Å². The lowest BCUT2D eigenvalue weighted by molar-refractivity contribution is -0.135. The third-order valence-corrected chi connectivity index (χ3v) is 4.52. The first-order valence-electron chi connectivity index (χ1n) is 8.37. The van der Waals surface area contributed by atoms with E-state index in [2.05, 4.69) is 35.6 Å². The lowest BCUT2D eigenvalue weighted by Gasteiger charge is -2.30. The van der Waals surface area contributed by atoms with E-state index in [-0.39, 0.29) is 49.4 Å². The van der Waals surface area contributed by atoms with Crippen molar-refractivity contribution >= 4 is 35.0 Å². The fourth-order valence-corrected chi connectivity index (χ4v) is 3.05. The summed E-state index contributed by atoms with van der Waals surface area (Å²) in [6.45, 7) is 1.95. The van der Waals surface area contributed by atoms with Crippen LogP contribution in [0.3, 0.4) is 0 Å². The summed E-state index contributed by atoms with van der Waals surface area (Å²) >= 11 is 0. The maximum Gasteiger partial charge on any atom is 0.242 e. The third kappa shape index (κ3) is 4.50. The highest BCUT2D eigenvalue weighted by Gasteiger charge is 2.36. The summed E-state index contributed by atoms with van der Waals surface area (Å²) in [5.41, 5.74) is 6.38. The van der Waals surface area contributed by atoms with Crippen LogP contribution in [0, 0.1) is 0 Å². The molecule has 0 radical (unpaired) electrons. The molecule has 0 spiro atoms. The predicted molar refractivity (Wildman–Crippen MR) is 102 cm³/mol. The van der Waals surface area contributed by atoms with E-state index in [0.29, 0.717) is 0 Å². The summed E-state index contributed by atoms with van der Waals surface area (Å²) in [7, 11) is 0. The molecule has 3 rings (SSSR count). The number of nitrogens with two attached hydrogens (primary N) is 1. The maximum atomic E-state index is 12.6. The molecular weight excluding hydrogens is 338 g/mol. The molecule has 1 aliphatic rings. The van der Waals surface area contributed by atoms with Gasteiger partial charge in [0.05, 0.1) is 19.1 Å². The molecule has 2 amide bonds. The van der Waals surface area contributed by atoms with Crippen molar-refractivity contribution in [2.45, 2.75) is 31.8 Å². The first kappa shape index (κ1) is 19.2. The summed E-state index contributed by atoms with van der Waals surface area (Å²) in [5.74, 6) is -0.364. The minimum atomic E-state index is -0.308. The number of carbonyl (C=O) groups excluding carboxylic acids is 2. The van der Waals surface area contributed by atoms with Gasteiger partial charge in [0.1, 0.15) is 0 Å². The Balaban J connectivity index is 0.00000225. The van der Waals surface area contributed by atoms with Gasteiger partial charge in [-0.15, -0.1) is 12.4 Å². The van der Waals surface area contributed by atoms with Crippen LogP contribution < -0.4 is 11.1 Å². The summed E-state index contributed by atoms with van der Waals surface area (Å²) < 4.78 is 0. The van der Waals surface area contributed by atoms with Crippen LogP contribution in [0.15, 0.2) is 42.5 Å². The Bertz CT molecular complexity index is 761. The SMILES string of the molecule is CC(c1ccc2ccccc2c1)N(C(=O)CNC(=O)CN)C1CC1.Cl. The number of fused-ring (bicyclic) bond motifs is 1. The summed E-state index contributed by atoms with van der Waals surface area (Å²) in [4.78, 5) is 25.8. The van der Waals surface area contributed by atoms with Gasteiger partial charge in [0, 0.05) is 6.04 Å². The highest BCUT2D eigenvalue weighted by molar-refractivity contribution is 5.86. The normalized spacial score (nSPS) is 14.5. The standard InChI is InChI=1S/C19H23N3O2.ClH/c1-13(15-7-6-14-4-2-3-5-16(14)10-15)22(17-8-9-17)19(24)12-21-18(23)11-20;/h2-7,10,13,17H,8-9,11-12,20H2,1H3,(H,21,23);1H. The molecule has 1 unspecified atom stereocenters. The van der Waals surface area contributed by atoms with Gasteiger partial charge in [0.15, 0.2) is 0 Å². The molecular formula is C19H24ClN3O2. The van der Waals surface area contributed by atoms with Crippen molar-refractivity contribution in [3.05, 3.63) is 48.0 Å². The second-order valence-electron chi connectivity index (χ2n) is 6.30. The smallest absolute Gasteiger partial charge is 0.242 e. The lowest BCUT2D eigenvalue weighted by atomic mass is 10.0. The molecule has 134 valence electrons. The molecule has 0 aromatic heterocycles. The Kier molecular flexibility index (Phi) is 6.39. The average Bonchev–Trinajstić information content (AvgIpc) is 3.44. The second-order valence-corrected chi connectivity index (χ2v) is 6.30. The molecule has 6 heteroatoms. The number of benzene rings is 2. The van der Waals surface area contributed by atoms with Gasteiger partial charge in [-0.05, 0) is 42.2 Å². The number of amides is 2. The van der Waals surface area contributed by atoms with Crippen LogP contribution in [0.5, 0.6) is 0 Å². The van der Waals surface area contributed by atoms with Gasteiger partial charge >= 0.3 is 0 Å². The summed E-state index contributed by atoms with van der Waals surface area (Å²) in [6, 6.07) is 14.8. The molecule has 0 heterocycles. The van der Waals surface area contributed by atoms with Crippen molar-refractivity contribution in [1.29, 1.82) is 0 Å². The molecule has 1 saturated carbocycles. The van der Waals surface area contributed by atoms with E-state index >= 15 is 0 Å². The number of hydrogen-bond donors (Lipinski definition) is 2. The van der Waals surface area contributed by atoms with Crippen molar-refractivity contribution in [2.24, 2.45) is 5.73 Å². The summed E-state index contributed by atoms with van der Waals surface area (Å²) in [5, 5.41) is 4.93. The van der Waals surface area contributed by atoms with Crippen LogP contribution in [0.2, 0.25) is 0 Å². The zero-order valence-electron chi connectivity index (χ0n) is 14.3. The molecule has 0 bridgehead atoms. The van der Waals surface area contributed by atoms with E-state index in [1.54, 1.807) is 0 Å². The van der Waals surface area contributed by atoms with E-state index in [9.17, 15) is 9.59 Å². The van der Waals surface area contributed by atoms with E-state index in [4.69, 9.17) is 5.73 Å². The molecule has 0 aliphatic heterocycles. The van der Waals surface area contributed by atoms with Crippen molar-refractivity contribution in [3.8, 4) is 0 Å². The number of hydrogen-bond acceptors (Lipinski definition) is 3. The third-order valence-electron chi connectivity index (χ3n) is 4.52. The van der Waals surface area contributed by atoms with Crippen molar-refractivity contribution in [3.63, 3.8) is 0 Å². The minimum Gasteiger partial charge on any atom is -0.346 e. The van der Waals surface area contributed by atoms with E-state index in [1.165, 1.54) is 10.8 Å². The molecule has 3 N–H and O–H groups in total. The molecule has 0 saturated heterocycles. The van der Waals surface area contributed by atoms with Crippen LogP contribution in [0.1, 0.15) is 31.4 Å². The van der Waals surface area contributed by atoms with Crippen molar-refractivity contribution in [1.82, 2.24) is 10.2 Å². The van der Waals surface area contributed by atoms with Crippen molar-refractivity contribution in [2.75, 3.05) is 13.1 Å². The molecule has 5 nitrogen and oxygen atoms in total. The molecule has 1 fully saturated rings. The molecule has 25 heavy (non-hydrogen) atoms. The van der Waals surface area contributed by atoms with Crippen LogP contribution in [-0.4, -0.2) is 35.8 Å². The van der Waals surface area contributed by atoms with Crippen LogP contribution in [0.4, 0.5) is 0 Å². The minimum absolute atomic E-state index is 0. The van der Waals surface area contributed by atoms with Gasteiger partial charge in [-0.25, -0.2) is 0 Å². The Morgan fingerprint density at radius 3 is 2.52 bits per heavy atom. The first-order valence-corrected chi connectivity index (χ1v) is 8.37. The van der Waals surface area contributed by atoms with Gasteiger partial charge in [-0.3, -0.25) is 9.59 Å². The van der Waals surface area contributed by atoms with Crippen LogP contribution >= 0.6 is 12.4 Å². The lowest BCUT2D eigenvalue weighted by Crippen LogP contribution is -2.43. The molecule has 1 aliphatic carbocycles. The predicted octanol–water partition coefficient (Wildman–Crippen LogP) is 2.39. The zero-order valence-corrected chi connectivity index (χ0v) is 15.1. The Hall–Kier alpha value is -2.11. The molecule has 2 aromatic carbocycles. The number of carbonyl (C=O) groups is 2. The van der Waals surface area contributed by atoms with Gasteiger partial charge < -0.3 is 16.0 Å². The topological polar surface area (TPSA) is 75.4 Å². The quantitative estimate of drug-likeness (QED) is 0.829. The second kappa shape index (κ2) is 8.32. The monoisotopic (exact) mass is 361 g/mol. The fourth-order valence-electron chi connectivity index (χ4n) is 3.05. The van der Waals surface area contributed by atoms with Gasteiger partial charge in [-0.1, -0.05) is 36.4 Å². The highest BCUT2D eigenvalue weighted by Crippen LogP contribution is 2.35. The van der Waals surface area contributed by atoms with E-state index in [0.717, 1.165) is 18.4 Å². The number of halogens is 1. The molecule has 1 atom stereocenters. The fraction of sp³-hybridized carbons (Fsp3) is 0.368. The maximum absolute atomic E-state index is 12.6. The van der Waals surface area contributed by atoms with Crippen LogP contribution in [-0.2, 0) is 9.59 Å². The molecule has 2 aromatic rings. The van der Waals surface area contributed by atoms with Gasteiger partial charge in [0.2, 0.25) is 11.8 Å².